The van der Waals surface area contributed by atoms with Gasteiger partial charge >= 0.3 is 12.0 Å². The average molecular weight is 291 g/mol. The highest BCUT2D eigenvalue weighted by Crippen LogP contribution is 2.11. The number of piperazine rings is 1. The zero-order valence-corrected chi connectivity index (χ0v) is 12.2. The first-order chi connectivity index (χ1) is 10.1. The maximum atomic E-state index is 12.1. The van der Waals surface area contributed by atoms with Crippen LogP contribution in [0, 0.1) is 0 Å². The molecule has 0 unspecified atom stereocenters. The van der Waals surface area contributed by atoms with Crippen LogP contribution in [0.1, 0.15) is 23.7 Å². The summed E-state index contributed by atoms with van der Waals surface area (Å²) < 4.78 is 0. The lowest BCUT2D eigenvalue weighted by Gasteiger charge is -2.34. The van der Waals surface area contributed by atoms with Crippen LogP contribution in [0.4, 0.5) is 10.5 Å². The summed E-state index contributed by atoms with van der Waals surface area (Å²) in [7, 11) is 0. The van der Waals surface area contributed by atoms with Crippen molar-refractivity contribution < 1.29 is 14.7 Å². The fourth-order valence-corrected chi connectivity index (χ4v) is 2.39. The largest absolute Gasteiger partial charge is 0.478 e. The van der Waals surface area contributed by atoms with Gasteiger partial charge in [0, 0.05) is 31.9 Å². The summed E-state index contributed by atoms with van der Waals surface area (Å²) in [5, 5.41) is 11.6. The van der Waals surface area contributed by atoms with Crippen molar-refractivity contribution in [1.29, 1.82) is 0 Å². The average Bonchev–Trinajstić information content (AvgIpc) is 2.49. The number of nitrogens with one attached hydrogen (secondary N) is 1. The molecule has 0 spiro atoms. The minimum absolute atomic E-state index is 0.130. The van der Waals surface area contributed by atoms with Crippen molar-refractivity contribution in [2.75, 3.05) is 38.0 Å². The van der Waals surface area contributed by atoms with E-state index < -0.39 is 5.97 Å². The Morgan fingerprint density at radius 1 is 1.14 bits per heavy atom. The second-order valence-corrected chi connectivity index (χ2v) is 5.14. The molecule has 2 N–H and O–H groups in total. The molecule has 6 heteroatoms. The number of carbonyl (C=O) groups excluding carboxylic acids is 1. The van der Waals surface area contributed by atoms with E-state index in [2.05, 4.69) is 17.1 Å². The Hall–Kier alpha value is -2.08. The molecule has 0 aliphatic carbocycles. The van der Waals surface area contributed by atoms with Crippen LogP contribution in [0.5, 0.6) is 0 Å². The van der Waals surface area contributed by atoms with Crippen LogP contribution in [0.15, 0.2) is 24.3 Å². The zero-order chi connectivity index (χ0) is 15.2. The molecule has 6 nitrogen and oxygen atoms in total. The van der Waals surface area contributed by atoms with Gasteiger partial charge in [-0.25, -0.2) is 9.59 Å². The predicted molar refractivity (Wildman–Crippen MR) is 80.7 cm³/mol. The molecule has 0 aromatic heterocycles. The van der Waals surface area contributed by atoms with Gasteiger partial charge in [0.25, 0.3) is 0 Å². The molecular weight excluding hydrogens is 270 g/mol. The van der Waals surface area contributed by atoms with Crippen molar-refractivity contribution >= 4 is 17.7 Å². The third kappa shape index (κ3) is 4.19. The van der Waals surface area contributed by atoms with Gasteiger partial charge in [0.05, 0.1) is 5.56 Å². The topological polar surface area (TPSA) is 72.9 Å². The van der Waals surface area contributed by atoms with Gasteiger partial charge in [-0.3, -0.25) is 4.90 Å². The molecule has 1 aliphatic heterocycles. The SMILES string of the molecule is CCCN1CCN(C(=O)Nc2ccc(C(=O)O)cc2)CC1. The van der Waals surface area contributed by atoms with Crippen molar-refractivity contribution in [2.45, 2.75) is 13.3 Å². The van der Waals surface area contributed by atoms with Gasteiger partial charge in [-0.1, -0.05) is 6.92 Å². The van der Waals surface area contributed by atoms with Crippen molar-refractivity contribution in [2.24, 2.45) is 0 Å². The zero-order valence-electron chi connectivity index (χ0n) is 12.2. The first kappa shape index (κ1) is 15.3. The molecule has 0 saturated carbocycles. The van der Waals surface area contributed by atoms with Crippen LogP contribution in [0.2, 0.25) is 0 Å². The Bertz CT molecular complexity index is 493. The van der Waals surface area contributed by atoms with E-state index in [-0.39, 0.29) is 11.6 Å². The third-order valence-corrected chi connectivity index (χ3v) is 3.58. The lowest BCUT2D eigenvalue weighted by Crippen LogP contribution is -2.50. The first-order valence-electron chi connectivity index (χ1n) is 7.22. The molecule has 2 rings (SSSR count). The minimum Gasteiger partial charge on any atom is -0.478 e. The smallest absolute Gasteiger partial charge is 0.335 e. The van der Waals surface area contributed by atoms with Gasteiger partial charge in [0.15, 0.2) is 0 Å². The highest BCUT2D eigenvalue weighted by Gasteiger charge is 2.20. The molecule has 0 atom stereocenters. The Labute approximate surface area is 124 Å². The first-order valence-corrected chi connectivity index (χ1v) is 7.22. The molecule has 1 saturated heterocycles. The summed E-state index contributed by atoms with van der Waals surface area (Å²) in [6.45, 7) is 6.47. The summed E-state index contributed by atoms with van der Waals surface area (Å²) in [6.07, 6.45) is 1.13. The van der Waals surface area contributed by atoms with Crippen LogP contribution in [-0.4, -0.2) is 59.6 Å². The number of urea groups is 1. The molecule has 0 bridgehead atoms. The number of benzene rings is 1. The standard InChI is InChI=1S/C15H21N3O3/c1-2-7-17-8-10-18(11-9-17)15(21)16-13-5-3-12(4-6-13)14(19)20/h3-6H,2,7-11H2,1H3,(H,16,21)(H,19,20). The summed E-state index contributed by atoms with van der Waals surface area (Å²) in [6, 6.07) is 6.05. The molecule has 1 fully saturated rings. The Kier molecular flexibility index (Phi) is 5.16. The van der Waals surface area contributed by atoms with Crippen molar-refractivity contribution in [3.8, 4) is 0 Å². The number of amides is 2. The van der Waals surface area contributed by atoms with Gasteiger partial charge in [0.1, 0.15) is 0 Å². The van der Waals surface area contributed by atoms with Crippen LogP contribution >= 0.6 is 0 Å². The van der Waals surface area contributed by atoms with E-state index in [1.165, 1.54) is 12.1 Å². The van der Waals surface area contributed by atoms with Gasteiger partial charge in [-0.15, -0.1) is 0 Å². The maximum Gasteiger partial charge on any atom is 0.335 e. The molecule has 21 heavy (non-hydrogen) atoms. The van der Waals surface area contributed by atoms with Crippen molar-refractivity contribution in [1.82, 2.24) is 9.80 Å². The number of anilines is 1. The number of hydrogen-bond donors (Lipinski definition) is 2. The van der Waals surface area contributed by atoms with E-state index in [4.69, 9.17) is 5.11 Å². The summed E-state index contributed by atoms with van der Waals surface area (Å²) >= 11 is 0. The summed E-state index contributed by atoms with van der Waals surface area (Å²) in [5.74, 6) is -0.972. The lowest BCUT2D eigenvalue weighted by atomic mass is 10.2. The van der Waals surface area contributed by atoms with Gasteiger partial charge in [0.2, 0.25) is 0 Å². The number of carbonyl (C=O) groups is 2. The number of hydrogen-bond acceptors (Lipinski definition) is 3. The predicted octanol–water partition coefficient (Wildman–Crippen LogP) is 1.94. The maximum absolute atomic E-state index is 12.1. The van der Waals surface area contributed by atoms with E-state index >= 15 is 0 Å². The van der Waals surface area contributed by atoms with E-state index in [1.54, 1.807) is 17.0 Å². The fraction of sp³-hybridized carbons (Fsp3) is 0.467. The second-order valence-electron chi connectivity index (χ2n) is 5.14. The number of carboxylic acids is 1. The van der Waals surface area contributed by atoms with E-state index in [0.717, 1.165) is 39.1 Å². The Balaban J connectivity index is 1.86. The Morgan fingerprint density at radius 2 is 1.76 bits per heavy atom. The molecular formula is C15H21N3O3. The third-order valence-electron chi connectivity index (χ3n) is 3.58. The molecule has 1 aromatic rings. The van der Waals surface area contributed by atoms with Crippen molar-refractivity contribution in [3.63, 3.8) is 0 Å². The molecule has 1 aliphatic rings. The minimum atomic E-state index is -0.972. The van der Waals surface area contributed by atoms with Crippen LogP contribution in [-0.2, 0) is 0 Å². The number of rotatable bonds is 4. The second kappa shape index (κ2) is 7.08. The highest BCUT2D eigenvalue weighted by atomic mass is 16.4. The van der Waals surface area contributed by atoms with E-state index in [0.29, 0.717) is 5.69 Å². The fourth-order valence-electron chi connectivity index (χ4n) is 2.39. The lowest BCUT2D eigenvalue weighted by molar-refractivity contribution is 0.0697. The highest BCUT2D eigenvalue weighted by molar-refractivity contribution is 5.91. The van der Waals surface area contributed by atoms with Gasteiger partial charge in [-0.2, -0.15) is 0 Å². The molecule has 1 aromatic carbocycles. The van der Waals surface area contributed by atoms with Gasteiger partial charge < -0.3 is 15.3 Å². The molecule has 2 amide bonds. The monoisotopic (exact) mass is 291 g/mol. The number of carboxylic acid groups (broad SMARTS) is 1. The number of nitrogens with zero attached hydrogens (tertiary/aromatic N) is 2. The van der Waals surface area contributed by atoms with Crippen LogP contribution in [0.3, 0.4) is 0 Å². The van der Waals surface area contributed by atoms with E-state index in [1.807, 2.05) is 0 Å². The normalized spacial score (nSPS) is 15.8. The summed E-state index contributed by atoms with van der Waals surface area (Å²) in [5.41, 5.74) is 0.821. The Morgan fingerprint density at radius 3 is 2.29 bits per heavy atom. The number of aromatic carboxylic acids is 1. The molecule has 1 heterocycles. The quantitative estimate of drug-likeness (QED) is 0.889. The molecule has 114 valence electrons. The summed E-state index contributed by atoms with van der Waals surface area (Å²) in [4.78, 5) is 27.0. The van der Waals surface area contributed by atoms with E-state index in [9.17, 15) is 9.59 Å². The molecule has 0 radical (unpaired) electrons. The van der Waals surface area contributed by atoms with Crippen LogP contribution < -0.4 is 5.32 Å². The van der Waals surface area contributed by atoms with Crippen LogP contribution in [0.25, 0.3) is 0 Å². The van der Waals surface area contributed by atoms with Crippen molar-refractivity contribution in [3.05, 3.63) is 29.8 Å². The van der Waals surface area contributed by atoms with Gasteiger partial charge in [-0.05, 0) is 37.2 Å².